The van der Waals surface area contributed by atoms with Gasteiger partial charge in [0, 0.05) is 40.4 Å². The second kappa shape index (κ2) is 15.4. The molecule has 0 saturated heterocycles. The van der Waals surface area contributed by atoms with Gasteiger partial charge in [0.1, 0.15) is 24.8 Å². The summed E-state index contributed by atoms with van der Waals surface area (Å²) in [4.78, 5) is 27.4. The number of carboxylic acid groups (broad SMARTS) is 1. The van der Waals surface area contributed by atoms with Gasteiger partial charge in [0.15, 0.2) is 12.2 Å². The number of carboxylic acids is 1. The number of alkyl halides is 3. The normalized spacial score (nSPS) is 18.8. The predicted molar refractivity (Wildman–Crippen MR) is 160 cm³/mol. The molecule has 0 bridgehead atoms. The minimum absolute atomic E-state index is 0.0432. The number of aliphatic hydroxyl groups is 3. The van der Waals surface area contributed by atoms with Gasteiger partial charge in [0.25, 0.3) is 5.92 Å². The molecule has 0 amide bonds. The van der Waals surface area contributed by atoms with Gasteiger partial charge in [-0.1, -0.05) is 18.2 Å². The molecule has 0 spiro atoms. The minimum atomic E-state index is -3.57. The van der Waals surface area contributed by atoms with Crippen LogP contribution in [0.1, 0.15) is 36.2 Å². The van der Waals surface area contributed by atoms with Crippen LogP contribution in [0.15, 0.2) is 36.4 Å². The molecule has 0 aliphatic carbocycles. The molecule has 11 nitrogen and oxygen atoms in total. The molecule has 1 aromatic heterocycles. The Balaban J connectivity index is 1.66. The van der Waals surface area contributed by atoms with Gasteiger partial charge in [0.2, 0.25) is 0 Å². The summed E-state index contributed by atoms with van der Waals surface area (Å²) in [5.74, 6) is -9.08. The monoisotopic (exact) mass is 672 g/mol. The molecule has 47 heavy (non-hydrogen) atoms. The van der Waals surface area contributed by atoms with Crippen molar-refractivity contribution in [3.63, 3.8) is 0 Å². The molecular formula is C31H37F5N4O7. The molecule has 1 unspecified atom stereocenters. The van der Waals surface area contributed by atoms with Crippen molar-refractivity contribution in [1.82, 2.24) is 15.2 Å². The summed E-state index contributed by atoms with van der Waals surface area (Å²) in [5.41, 5.74) is 1.05. The number of anilines is 1. The molecule has 16 heteroatoms. The largest absolute Gasteiger partial charge is 0.479 e. The maximum atomic E-state index is 16.0. The second-order valence-electron chi connectivity index (χ2n) is 11.5. The van der Waals surface area contributed by atoms with Crippen LogP contribution in [0.5, 0.6) is 0 Å². The van der Waals surface area contributed by atoms with Gasteiger partial charge in [-0.3, -0.25) is 9.29 Å². The summed E-state index contributed by atoms with van der Waals surface area (Å²) in [6.07, 6.45) is -4.43. The maximum Gasteiger partial charge on any atom is 0.338 e. The fourth-order valence-corrected chi connectivity index (χ4v) is 5.70. The number of carbonyl (C=O) groups is 2. The van der Waals surface area contributed by atoms with Gasteiger partial charge in [-0.05, 0) is 50.1 Å². The highest BCUT2D eigenvalue weighted by molar-refractivity contribution is 5.85. The Bertz CT molecular complexity index is 1530. The second-order valence-corrected chi connectivity index (χ2v) is 11.5. The Morgan fingerprint density at radius 3 is 2.47 bits per heavy atom. The lowest BCUT2D eigenvalue weighted by molar-refractivity contribution is -0.170. The van der Waals surface area contributed by atoms with Crippen LogP contribution in [0.3, 0.4) is 0 Å². The number of hydrogen-bond donors (Lipinski definition) is 7. The van der Waals surface area contributed by atoms with Crippen LogP contribution < -0.4 is 10.6 Å². The first kappa shape index (κ1) is 36.0. The van der Waals surface area contributed by atoms with E-state index in [1.807, 2.05) is 6.07 Å². The number of nitrogens with one attached hydrogen (secondary N) is 3. The lowest BCUT2D eigenvalue weighted by Crippen LogP contribution is -2.49. The Morgan fingerprint density at radius 1 is 1.15 bits per heavy atom. The van der Waals surface area contributed by atoms with Crippen molar-refractivity contribution in [2.24, 2.45) is 0 Å². The highest BCUT2D eigenvalue weighted by Crippen LogP contribution is 2.43. The van der Waals surface area contributed by atoms with Crippen molar-refractivity contribution < 1.29 is 56.7 Å². The highest BCUT2D eigenvalue weighted by atomic mass is 19.3. The van der Waals surface area contributed by atoms with E-state index in [-0.39, 0.29) is 25.2 Å². The standard InChI is InChI=1S/C31H37F5N4O7/c1-16-9-20-19-5-2-3-6-23(19)39-25(20)26(40(16)14-31(35,36)15-41)24-21(33)10-17(11-22(24)34)38-18(12-37-8-4-7-32)13-47-30(46)28(43)27(42)29(44)45/h2-3,5-6,10-11,16,18,26-28,37-39,41-43H,4,7-9,12-15H2,1H3,(H,44,45)/t16?,18-,26+,27+,28+/m0/s1. The van der Waals surface area contributed by atoms with E-state index >= 15 is 8.78 Å². The first-order valence-corrected chi connectivity index (χ1v) is 14.9. The van der Waals surface area contributed by atoms with Crippen LogP contribution in [0.4, 0.5) is 27.6 Å². The number of halogens is 5. The minimum Gasteiger partial charge on any atom is -0.479 e. The van der Waals surface area contributed by atoms with Crippen LogP contribution >= 0.6 is 0 Å². The van der Waals surface area contributed by atoms with Crippen LogP contribution in [0.25, 0.3) is 10.9 Å². The number of para-hydroxylation sites is 1. The number of carbonyl (C=O) groups excluding carboxylic acids is 1. The smallest absolute Gasteiger partial charge is 0.338 e. The Morgan fingerprint density at radius 2 is 1.83 bits per heavy atom. The molecule has 5 atom stereocenters. The summed E-state index contributed by atoms with van der Waals surface area (Å²) in [7, 11) is 0. The summed E-state index contributed by atoms with van der Waals surface area (Å²) < 4.78 is 78.7. The van der Waals surface area contributed by atoms with Crippen molar-refractivity contribution in [1.29, 1.82) is 0 Å². The number of rotatable bonds is 16. The van der Waals surface area contributed by atoms with E-state index < -0.39 is 91.8 Å². The molecule has 258 valence electrons. The molecule has 1 aliphatic heterocycles. The fourth-order valence-electron chi connectivity index (χ4n) is 5.70. The molecule has 0 saturated carbocycles. The Labute approximate surface area is 266 Å². The number of ether oxygens (including phenoxy) is 1. The van der Waals surface area contributed by atoms with Gasteiger partial charge in [-0.15, -0.1) is 0 Å². The summed E-state index contributed by atoms with van der Waals surface area (Å²) in [5, 5.41) is 43.7. The van der Waals surface area contributed by atoms with E-state index in [2.05, 4.69) is 15.6 Å². The van der Waals surface area contributed by atoms with E-state index in [1.165, 1.54) is 4.90 Å². The van der Waals surface area contributed by atoms with E-state index in [4.69, 9.17) is 9.84 Å². The molecule has 2 aromatic carbocycles. The first-order valence-electron chi connectivity index (χ1n) is 14.9. The van der Waals surface area contributed by atoms with E-state index in [9.17, 15) is 38.1 Å². The van der Waals surface area contributed by atoms with Gasteiger partial charge >= 0.3 is 11.9 Å². The zero-order chi connectivity index (χ0) is 34.5. The predicted octanol–water partition coefficient (Wildman–Crippen LogP) is 2.49. The third-order valence-electron chi connectivity index (χ3n) is 7.98. The van der Waals surface area contributed by atoms with Crippen LogP contribution in [-0.2, 0) is 20.7 Å². The van der Waals surface area contributed by atoms with Crippen molar-refractivity contribution >= 4 is 28.5 Å². The third kappa shape index (κ3) is 8.37. The third-order valence-corrected chi connectivity index (χ3v) is 7.98. The van der Waals surface area contributed by atoms with Crippen molar-refractivity contribution in [3.05, 3.63) is 64.9 Å². The molecular weight excluding hydrogens is 635 g/mol. The van der Waals surface area contributed by atoms with Gasteiger partial charge in [0.05, 0.1) is 25.3 Å². The zero-order valence-corrected chi connectivity index (χ0v) is 25.4. The first-order chi connectivity index (χ1) is 22.3. The molecule has 7 N–H and O–H groups in total. The van der Waals surface area contributed by atoms with Crippen LogP contribution in [0, 0.1) is 11.6 Å². The number of aliphatic hydroxyl groups excluding tert-OH is 3. The van der Waals surface area contributed by atoms with E-state index in [0.717, 1.165) is 23.1 Å². The Kier molecular flexibility index (Phi) is 11.8. The maximum absolute atomic E-state index is 16.0. The number of aromatic nitrogens is 1. The summed E-state index contributed by atoms with van der Waals surface area (Å²) in [6, 6.07) is 6.12. The number of fused-ring (bicyclic) bond motifs is 3. The number of esters is 1. The number of H-pyrrole nitrogens is 1. The molecule has 2 heterocycles. The van der Waals surface area contributed by atoms with Crippen molar-refractivity contribution in [2.45, 2.75) is 56.0 Å². The molecule has 0 radical (unpaired) electrons. The fraction of sp³-hybridized carbons (Fsp3) is 0.484. The topological polar surface area (TPSA) is 167 Å². The number of hydrogen-bond acceptors (Lipinski definition) is 9. The van der Waals surface area contributed by atoms with Crippen molar-refractivity contribution in [3.8, 4) is 0 Å². The lowest BCUT2D eigenvalue weighted by atomic mass is 9.87. The lowest BCUT2D eigenvalue weighted by Gasteiger charge is -2.42. The zero-order valence-electron chi connectivity index (χ0n) is 25.4. The Hall–Kier alpha value is -3.83. The van der Waals surface area contributed by atoms with E-state index in [0.29, 0.717) is 17.6 Å². The number of nitrogens with zero attached hydrogens (tertiary/aromatic N) is 1. The molecule has 0 fully saturated rings. The van der Waals surface area contributed by atoms with Gasteiger partial charge in [-0.2, -0.15) is 0 Å². The van der Waals surface area contributed by atoms with Gasteiger partial charge in [-0.25, -0.2) is 27.2 Å². The average molecular weight is 673 g/mol. The van der Waals surface area contributed by atoms with Crippen molar-refractivity contribution in [2.75, 3.05) is 44.8 Å². The SMILES string of the molecule is CC1Cc2c([nH]c3ccccc23)[C@@H](c2c(F)cc(N[C@@H](CNCCCF)COC(=O)[C@H](O)[C@@H](O)C(=O)O)cc2F)N1CC(F)(F)CO. The number of aromatic amines is 1. The highest BCUT2D eigenvalue weighted by Gasteiger charge is 2.43. The number of aliphatic carboxylic acids is 1. The molecule has 4 rings (SSSR count). The van der Waals surface area contributed by atoms with Gasteiger partial charge < -0.3 is 40.8 Å². The quantitative estimate of drug-likeness (QED) is 0.0683. The molecule has 1 aliphatic rings. The summed E-state index contributed by atoms with van der Waals surface area (Å²) in [6.45, 7) is -1.85. The number of benzene rings is 2. The average Bonchev–Trinajstić information content (AvgIpc) is 3.39. The van der Waals surface area contributed by atoms with Crippen LogP contribution in [-0.4, -0.2) is 112 Å². The van der Waals surface area contributed by atoms with E-state index in [1.54, 1.807) is 25.1 Å². The molecule has 3 aromatic rings. The van der Waals surface area contributed by atoms with Crippen LogP contribution in [0.2, 0.25) is 0 Å². The summed E-state index contributed by atoms with van der Waals surface area (Å²) >= 11 is 0.